The summed E-state index contributed by atoms with van der Waals surface area (Å²) >= 11 is 0. The Hall–Kier alpha value is -2.11. The number of anilines is 1. The first kappa shape index (κ1) is 12.3. The molecule has 0 aliphatic heterocycles. The summed E-state index contributed by atoms with van der Waals surface area (Å²) in [5, 5.41) is 0. The molecule has 0 bridgehead atoms. The monoisotopic (exact) mass is 247 g/mol. The molecule has 0 radical (unpaired) electrons. The lowest BCUT2D eigenvalue weighted by molar-refractivity contribution is 0.164. The average molecular weight is 247 g/mol. The number of aryl methyl sites for hydroxylation is 1. The van der Waals surface area contributed by atoms with E-state index in [1.165, 1.54) is 0 Å². The number of imidazole rings is 1. The standard InChI is InChI=1S/C12H17N5O/c1-7(2)10-11(17(18-4)8(3)15-10)9-5-6-14-12(13)16-9/h5-7H,1-4H3,(H2,13,14,16). The molecule has 0 aliphatic carbocycles. The van der Waals surface area contributed by atoms with Gasteiger partial charge in [0, 0.05) is 6.20 Å². The molecule has 6 nitrogen and oxygen atoms in total. The quantitative estimate of drug-likeness (QED) is 0.887. The highest BCUT2D eigenvalue weighted by atomic mass is 16.6. The summed E-state index contributed by atoms with van der Waals surface area (Å²) in [5.74, 6) is 1.29. The maximum absolute atomic E-state index is 5.63. The summed E-state index contributed by atoms with van der Waals surface area (Å²) in [7, 11) is 1.60. The van der Waals surface area contributed by atoms with Crippen molar-refractivity contribution in [1.29, 1.82) is 0 Å². The Bertz CT molecular complexity index is 562. The molecule has 2 N–H and O–H groups in total. The molecule has 0 atom stereocenters. The van der Waals surface area contributed by atoms with Gasteiger partial charge in [0.25, 0.3) is 0 Å². The SMILES string of the molecule is COn1c(C)nc(C(C)C)c1-c1ccnc(N)n1. The van der Waals surface area contributed by atoms with Gasteiger partial charge >= 0.3 is 0 Å². The van der Waals surface area contributed by atoms with Crippen molar-refractivity contribution in [3.63, 3.8) is 0 Å². The highest BCUT2D eigenvalue weighted by Gasteiger charge is 2.20. The van der Waals surface area contributed by atoms with Crippen molar-refractivity contribution in [3.8, 4) is 11.4 Å². The Balaban J connectivity index is 2.68. The molecule has 0 saturated heterocycles. The maximum Gasteiger partial charge on any atom is 0.220 e. The Morgan fingerprint density at radius 2 is 2.06 bits per heavy atom. The van der Waals surface area contributed by atoms with Crippen LogP contribution in [0.4, 0.5) is 5.95 Å². The van der Waals surface area contributed by atoms with E-state index < -0.39 is 0 Å². The van der Waals surface area contributed by atoms with Crippen LogP contribution in [0.1, 0.15) is 31.3 Å². The van der Waals surface area contributed by atoms with Crippen LogP contribution in [0.5, 0.6) is 0 Å². The van der Waals surface area contributed by atoms with E-state index in [9.17, 15) is 0 Å². The van der Waals surface area contributed by atoms with Gasteiger partial charge in [-0.05, 0) is 18.9 Å². The van der Waals surface area contributed by atoms with E-state index in [0.29, 0.717) is 5.69 Å². The second-order valence-electron chi connectivity index (χ2n) is 4.32. The van der Waals surface area contributed by atoms with Gasteiger partial charge in [-0.2, -0.15) is 4.73 Å². The highest BCUT2D eigenvalue weighted by Crippen LogP contribution is 2.28. The van der Waals surface area contributed by atoms with Gasteiger partial charge < -0.3 is 10.6 Å². The van der Waals surface area contributed by atoms with E-state index in [-0.39, 0.29) is 11.9 Å². The lowest BCUT2D eigenvalue weighted by atomic mass is 10.1. The van der Waals surface area contributed by atoms with E-state index in [4.69, 9.17) is 10.6 Å². The number of nitrogens with zero attached hydrogens (tertiary/aromatic N) is 4. The Morgan fingerprint density at radius 1 is 1.33 bits per heavy atom. The summed E-state index contributed by atoms with van der Waals surface area (Å²) in [6.45, 7) is 6.05. The lowest BCUT2D eigenvalue weighted by Crippen LogP contribution is -2.11. The lowest BCUT2D eigenvalue weighted by Gasteiger charge is -2.10. The van der Waals surface area contributed by atoms with Gasteiger partial charge in [0.05, 0.1) is 11.4 Å². The summed E-state index contributed by atoms with van der Waals surface area (Å²) in [5.41, 5.74) is 8.11. The van der Waals surface area contributed by atoms with Gasteiger partial charge in [-0.1, -0.05) is 13.8 Å². The van der Waals surface area contributed by atoms with Crippen LogP contribution >= 0.6 is 0 Å². The highest BCUT2D eigenvalue weighted by molar-refractivity contribution is 5.60. The third-order valence-corrected chi connectivity index (χ3v) is 2.67. The fourth-order valence-electron chi connectivity index (χ4n) is 1.91. The zero-order chi connectivity index (χ0) is 13.3. The summed E-state index contributed by atoms with van der Waals surface area (Å²) in [6.07, 6.45) is 1.63. The van der Waals surface area contributed by atoms with Crippen LogP contribution in [-0.4, -0.2) is 26.8 Å². The third kappa shape index (κ3) is 2.01. The van der Waals surface area contributed by atoms with Crippen LogP contribution in [-0.2, 0) is 0 Å². The smallest absolute Gasteiger partial charge is 0.220 e. The van der Waals surface area contributed by atoms with E-state index in [1.807, 2.05) is 6.92 Å². The van der Waals surface area contributed by atoms with Crippen molar-refractivity contribution in [1.82, 2.24) is 19.7 Å². The molecule has 0 aromatic carbocycles. The van der Waals surface area contributed by atoms with E-state index >= 15 is 0 Å². The molecule has 0 fully saturated rings. The van der Waals surface area contributed by atoms with Crippen molar-refractivity contribution in [2.75, 3.05) is 12.8 Å². The van der Waals surface area contributed by atoms with Crippen molar-refractivity contribution in [2.24, 2.45) is 0 Å². The summed E-state index contributed by atoms with van der Waals surface area (Å²) < 4.78 is 1.66. The maximum atomic E-state index is 5.63. The molecule has 2 aromatic heterocycles. The second-order valence-corrected chi connectivity index (χ2v) is 4.32. The number of nitrogens with two attached hydrogens (primary N) is 1. The normalized spacial score (nSPS) is 10.9. The Morgan fingerprint density at radius 3 is 2.61 bits per heavy atom. The topological polar surface area (TPSA) is 78.8 Å². The number of hydrogen-bond acceptors (Lipinski definition) is 5. The molecular weight excluding hydrogens is 230 g/mol. The fraction of sp³-hybridized carbons (Fsp3) is 0.417. The van der Waals surface area contributed by atoms with Crippen LogP contribution in [0.15, 0.2) is 12.3 Å². The van der Waals surface area contributed by atoms with Crippen LogP contribution in [0.3, 0.4) is 0 Å². The zero-order valence-corrected chi connectivity index (χ0v) is 11.0. The first-order valence-electron chi connectivity index (χ1n) is 5.77. The molecule has 2 heterocycles. The van der Waals surface area contributed by atoms with E-state index in [1.54, 1.807) is 24.1 Å². The summed E-state index contributed by atoms with van der Waals surface area (Å²) in [6, 6.07) is 1.80. The first-order valence-corrected chi connectivity index (χ1v) is 5.77. The number of rotatable bonds is 3. The molecule has 0 aliphatic rings. The van der Waals surface area contributed by atoms with Crippen molar-refractivity contribution < 1.29 is 4.84 Å². The van der Waals surface area contributed by atoms with Gasteiger partial charge in [0.1, 0.15) is 18.6 Å². The van der Waals surface area contributed by atoms with Crippen molar-refractivity contribution in [2.45, 2.75) is 26.7 Å². The van der Waals surface area contributed by atoms with Gasteiger partial charge in [-0.3, -0.25) is 0 Å². The number of hydrogen-bond donors (Lipinski definition) is 1. The molecule has 18 heavy (non-hydrogen) atoms. The van der Waals surface area contributed by atoms with Gasteiger partial charge in [-0.25, -0.2) is 15.0 Å². The molecular formula is C12H17N5O. The molecule has 0 amide bonds. The molecule has 0 saturated carbocycles. The summed E-state index contributed by atoms with van der Waals surface area (Å²) in [4.78, 5) is 18.0. The minimum atomic E-state index is 0.240. The molecule has 0 unspecified atom stereocenters. The van der Waals surface area contributed by atoms with Crippen LogP contribution < -0.4 is 10.6 Å². The number of nitrogen functional groups attached to an aromatic ring is 1. The zero-order valence-electron chi connectivity index (χ0n) is 11.0. The molecule has 2 rings (SSSR count). The third-order valence-electron chi connectivity index (χ3n) is 2.67. The molecule has 6 heteroatoms. The second kappa shape index (κ2) is 4.64. The average Bonchev–Trinajstić information content (AvgIpc) is 2.66. The minimum Gasteiger partial charge on any atom is -0.415 e. The predicted octanol–water partition coefficient (Wildman–Crippen LogP) is 1.41. The Labute approximate surface area is 106 Å². The molecule has 0 spiro atoms. The van der Waals surface area contributed by atoms with E-state index in [2.05, 4.69) is 28.8 Å². The van der Waals surface area contributed by atoms with Gasteiger partial charge in [0.2, 0.25) is 5.95 Å². The van der Waals surface area contributed by atoms with Gasteiger partial charge in [0.15, 0.2) is 0 Å². The number of aromatic nitrogens is 4. The fourth-order valence-corrected chi connectivity index (χ4v) is 1.91. The van der Waals surface area contributed by atoms with Crippen molar-refractivity contribution >= 4 is 5.95 Å². The van der Waals surface area contributed by atoms with Crippen LogP contribution in [0.2, 0.25) is 0 Å². The van der Waals surface area contributed by atoms with Crippen molar-refractivity contribution in [3.05, 3.63) is 23.8 Å². The Kier molecular flexibility index (Phi) is 3.18. The molecule has 96 valence electrons. The first-order chi connectivity index (χ1) is 8.54. The van der Waals surface area contributed by atoms with E-state index in [0.717, 1.165) is 17.2 Å². The largest absolute Gasteiger partial charge is 0.415 e. The van der Waals surface area contributed by atoms with Gasteiger partial charge in [-0.15, -0.1) is 0 Å². The predicted molar refractivity (Wildman–Crippen MR) is 69.0 cm³/mol. The molecule has 2 aromatic rings. The minimum absolute atomic E-state index is 0.240. The van der Waals surface area contributed by atoms with Crippen LogP contribution in [0.25, 0.3) is 11.4 Å². The van der Waals surface area contributed by atoms with Crippen LogP contribution in [0, 0.1) is 6.92 Å².